The van der Waals surface area contributed by atoms with Crippen LogP contribution in [0.15, 0.2) is 53.4 Å². The molecule has 228 valence electrons. The summed E-state index contributed by atoms with van der Waals surface area (Å²) >= 11 is 0. The molecule has 0 saturated heterocycles. The lowest BCUT2D eigenvalue weighted by atomic mass is 9.98. The van der Waals surface area contributed by atoms with Gasteiger partial charge in [-0.1, -0.05) is 31.2 Å². The molecular weight excluding hydrogens is 566 g/mol. The van der Waals surface area contributed by atoms with E-state index in [1.807, 2.05) is 6.92 Å². The molecule has 2 aromatic rings. The minimum atomic E-state index is -4.20. The Morgan fingerprint density at radius 2 is 1.52 bits per heavy atom. The molecule has 1 atom stereocenters. The van der Waals surface area contributed by atoms with Gasteiger partial charge in [-0.25, -0.2) is 8.42 Å². The number of carbonyl (C=O) groups excluding carboxylic acids is 4. The first-order chi connectivity index (χ1) is 19.6. The van der Waals surface area contributed by atoms with Crippen LogP contribution >= 0.6 is 0 Å². The van der Waals surface area contributed by atoms with Crippen molar-refractivity contribution in [1.29, 1.82) is 5.41 Å². The molecule has 42 heavy (non-hydrogen) atoms. The topological polar surface area (TPSA) is 207 Å². The number of sulfonamides is 1. The van der Waals surface area contributed by atoms with Gasteiger partial charge in [-0.2, -0.15) is 4.72 Å². The second-order valence-electron chi connectivity index (χ2n) is 10.2. The van der Waals surface area contributed by atoms with Gasteiger partial charge in [-0.15, -0.1) is 0 Å². The van der Waals surface area contributed by atoms with Crippen LogP contribution in [0.4, 0.5) is 0 Å². The minimum Gasteiger partial charge on any atom is -0.427 e. The van der Waals surface area contributed by atoms with Crippen molar-refractivity contribution in [1.82, 2.24) is 15.4 Å². The summed E-state index contributed by atoms with van der Waals surface area (Å²) in [5, 5.41) is 12.4. The van der Waals surface area contributed by atoms with Crippen LogP contribution in [0.2, 0.25) is 0 Å². The molecule has 6 N–H and O–H groups in total. The number of hydrogen-bond acceptors (Lipinski definition) is 9. The van der Waals surface area contributed by atoms with Crippen molar-refractivity contribution in [3.8, 4) is 0 Å². The van der Waals surface area contributed by atoms with E-state index in [-0.39, 0.29) is 23.7 Å². The Labute approximate surface area is 245 Å². The molecule has 13 nitrogen and oxygen atoms in total. The standard InChI is InChI=1S/C28H37N5O8S/c1-5-18-6-12-21(13-7-18)42(38,39)33-22(26(36)40-17-41-27(37)28(2,3)4)16-32-23(34)14-15-31-25(35)20-10-8-19(9-11-20)24(29)30/h6-13,22,33H,5,14-17H2,1-4H3,(H3,29,30)(H,31,35)(H,32,34)/t22-/m0/s1. The Morgan fingerprint density at radius 1 is 0.929 bits per heavy atom. The smallest absolute Gasteiger partial charge is 0.328 e. The lowest BCUT2D eigenvalue weighted by Gasteiger charge is -2.20. The quantitative estimate of drug-likeness (QED) is 0.0909. The van der Waals surface area contributed by atoms with E-state index in [4.69, 9.17) is 20.6 Å². The Hall–Kier alpha value is -4.30. The zero-order valence-electron chi connectivity index (χ0n) is 24.0. The van der Waals surface area contributed by atoms with Crippen LogP contribution in [0.5, 0.6) is 0 Å². The van der Waals surface area contributed by atoms with Crippen molar-refractivity contribution in [3.05, 3.63) is 65.2 Å². The summed E-state index contributed by atoms with van der Waals surface area (Å²) in [6.07, 6.45) is 0.530. The van der Waals surface area contributed by atoms with Crippen LogP contribution in [-0.4, -0.2) is 63.9 Å². The van der Waals surface area contributed by atoms with E-state index in [9.17, 15) is 27.6 Å². The molecule has 2 rings (SSSR count). The molecule has 0 fully saturated rings. The maximum atomic E-state index is 13.0. The van der Waals surface area contributed by atoms with E-state index in [2.05, 4.69) is 15.4 Å². The Morgan fingerprint density at radius 3 is 2.07 bits per heavy atom. The first-order valence-corrected chi connectivity index (χ1v) is 14.6. The summed E-state index contributed by atoms with van der Waals surface area (Å²) in [5.41, 5.74) is 6.23. The fourth-order valence-electron chi connectivity index (χ4n) is 3.29. The molecule has 2 amide bonds. The van der Waals surface area contributed by atoms with Crippen molar-refractivity contribution in [2.75, 3.05) is 19.9 Å². The van der Waals surface area contributed by atoms with Gasteiger partial charge in [0.15, 0.2) is 0 Å². The zero-order valence-corrected chi connectivity index (χ0v) is 24.8. The van der Waals surface area contributed by atoms with Crippen LogP contribution in [0.25, 0.3) is 0 Å². The van der Waals surface area contributed by atoms with Gasteiger partial charge in [-0.05, 0) is 57.0 Å². The molecule has 0 heterocycles. The molecular formula is C28H37N5O8S. The highest BCUT2D eigenvalue weighted by Gasteiger charge is 2.29. The highest BCUT2D eigenvalue weighted by molar-refractivity contribution is 7.89. The predicted octanol–water partition coefficient (Wildman–Crippen LogP) is 1.21. The van der Waals surface area contributed by atoms with Gasteiger partial charge >= 0.3 is 11.9 Å². The number of nitrogens with two attached hydrogens (primary N) is 1. The van der Waals surface area contributed by atoms with Gasteiger partial charge in [0, 0.05) is 30.6 Å². The summed E-state index contributed by atoms with van der Waals surface area (Å²) in [6, 6.07) is 10.5. The molecule has 0 aliphatic carbocycles. The number of amides is 2. The number of nitrogen functional groups attached to an aromatic ring is 1. The average Bonchev–Trinajstić information content (AvgIpc) is 2.94. The molecule has 2 aromatic carbocycles. The Kier molecular flexibility index (Phi) is 12.2. The average molecular weight is 604 g/mol. The summed E-state index contributed by atoms with van der Waals surface area (Å²) < 4.78 is 38.0. The number of carbonyl (C=O) groups is 4. The monoisotopic (exact) mass is 603 g/mol. The van der Waals surface area contributed by atoms with Crippen molar-refractivity contribution >= 4 is 39.6 Å². The number of rotatable bonds is 14. The van der Waals surface area contributed by atoms with Gasteiger partial charge < -0.3 is 25.8 Å². The molecule has 0 aromatic heterocycles. The third-order valence-electron chi connectivity index (χ3n) is 5.83. The van der Waals surface area contributed by atoms with Crippen molar-refractivity contribution in [2.45, 2.75) is 51.5 Å². The van der Waals surface area contributed by atoms with Gasteiger partial charge in [0.2, 0.25) is 22.7 Å². The van der Waals surface area contributed by atoms with Crippen LogP contribution in [0, 0.1) is 10.8 Å². The van der Waals surface area contributed by atoms with E-state index in [0.29, 0.717) is 17.5 Å². The lowest BCUT2D eigenvalue weighted by molar-refractivity contribution is -0.174. The van der Waals surface area contributed by atoms with Gasteiger partial charge in [0.25, 0.3) is 5.91 Å². The number of esters is 2. The molecule has 0 unspecified atom stereocenters. The maximum absolute atomic E-state index is 13.0. The van der Waals surface area contributed by atoms with Gasteiger partial charge in [-0.3, -0.25) is 24.6 Å². The molecule has 0 spiro atoms. The van der Waals surface area contributed by atoms with Crippen molar-refractivity contribution < 1.29 is 37.1 Å². The molecule has 0 bridgehead atoms. The number of hydrogen-bond donors (Lipinski definition) is 5. The highest BCUT2D eigenvalue weighted by atomic mass is 32.2. The molecule has 0 aliphatic heterocycles. The maximum Gasteiger partial charge on any atom is 0.328 e. The van der Waals surface area contributed by atoms with Crippen LogP contribution in [0.1, 0.15) is 55.6 Å². The minimum absolute atomic E-state index is 0.0491. The number of aryl methyl sites for hydroxylation is 1. The fourth-order valence-corrected chi connectivity index (χ4v) is 4.47. The largest absolute Gasteiger partial charge is 0.427 e. The summed E-state index contributed by atoms with van der Waals surface area (Å²) in [7, 11) is -4.20. The van der Waals surface area contributed by atoms with Gasteiger partial charge in [0.1, 0.15) is 11.9 Å². The molecule has 0 saturated carbocycles. The third kappa shape index (κ3) is 10.6. The zero-order chi connectivity index (χ0) is 31.5. The third-order valence-corrected chi connectivity index (χ3v) is 7.31. The van der Waals surface area contributed by atoms with Gasteiger partial charge in [0.05, 0.1) is 10.3 Å². The second-order valence-corrected chi connectivity index (χ2v) is 11.9. The summed E-state index contributed by atoms with van der Waals surface area (Å²) in [6.45, 7) is 5.48. The number of ether oxygens (including phenoxy) is 2. The first kappa shape index (κ1) is 33.9. The van der Waals surface area contributed by atoms with Crippen LogP contribution in [-0.2, 0) is 40.3 Å². The van der Waals surface area contributed by atoms with Crippen molar-refractivity contribution in [2.24, 2.45) is 11.1 Å². The number of nitrogens with one attached hydrogen (secondary N) is 4. The molecule has 0 radical (unpaired) electrons. The van der Waals surface area contributed by atoms with Crippen molar-refractivity contribution in [3.63, 3.8) is 0 Å². The molecule has 14 heteroatoms. The highest BCUT2D eigenvalue weighted by Crippen LogP contribution is 2.15. The number of benzene rings is 2. The fraction of sp³-hybridized carbons (Fsp3) is 0.393. The number of amidine groups is 1. The van der Waals surface area contributed by atoms with E-state index in [1.165, 1.54) is 36.4 Å². The molecule has 0 aliphatic rings. The second kappa shape index (κ2) is 15.1. The summed E-state index contributed by atoms with van der Waals surface area (Å²) in [5.74, 6) is -2.87. The van der Waals surface area contributed by atoms with E-state index in [1.54, 1.807) is 32.9 Å². The Bertz CT molecular complexity index is 1380. The van der Waals surface area contributed by atoms with E-state index < -0.39 is 58.6 Å². The SMILES string of the molecule is CCc1ccc(S(=O)(=O)N[C@@H](CNC(=O)CCNC(=O)c2ccc(C(=N)N)cc2)C(=O)OCOC(=O)C(C)(C)C)cc1. The summed E-state index contributed by atoms with van der Waals surface area (Å²) in [4.78, 5) is 49.3. The predicted molar refractivity (Wildman–Crippen MR) is 154 cm³/mol. The lowest BCUT2D eigenvalue weighted by Crippen LogP contribution is -2.49. The van der Waals surface area contributed by atoms with E-state index >= 15 is 0 Å². The van der Waals surface area contributed by atoms with Crippen LogP contribution in [0.3, 0.4) is 0 Å². The van der Waals surface area contributed by atoms with Crippen LogP contribution < -0.4 is 21.1 Å². The normalized spacial score (nSPS) is 12.1. The van der Waals surface area contributed by atoms with E-state index in [0.717, 1.165) is 5.56 Å². The Balaban J connectivity index is 2.00. The first-order valence-electron chi connectivity index (χ1n) is 13.1.